The van der Waals surface area contributed by atoms with Crippen molar-refractivity contribution in [3.05, 3.63) is 30.9 Å². The van der Waals surface area contributed by atoms with Crippen LogP contribution in [0.1, 0.15) is 0 Å². The normalized spacial score (nSPS) is 10.5. The summed E-state index contributed by atoms with van der Waals surface area (Å²) in [4.78, 5) is 0. The van der Waals surface area contributed by atoms with E-state index in [9.17, 15) is 0 Å². The molecule has 62 valence electrons. The summed E-state index contributed by atoms with van der Waals surface area (Å²) < 4.78 is 9.30. The predicted octanol–water partition coefficient (Wildman–Crippen LogP) is 1.11. The van der Waals surface area contributed by atoms with Gasteiger partial charge in [0.1, 0.15) is 6.20 Å². The number of nitrogens with zero attached hydrogens (tertiary/aromatic N) is 2. The van der Waals surface area contributed by atoms with Crippen molar-refractivity contribution in [2.24, 2.45) is 14.1 Å². The van der Waals surface area contributed by atoms with Crippen LogP contribution in [0.3, 0.4) is 0 Å². The summed E-state index contributed by atoms with van der Waals surface area (Å²) in [5.41, 5.74) is 1.09. The molecule has 0 radical (unpaired) electrons. The molecule has 0 amide bonds. The molecule has 0 aliphatic heterocycles. The van der Waals surface area contributed by atoms with Gasteiger partial charge in [-0.3, -0.25) is 0 Å². The smallest absolute Gasteiger partial charge is 0.243 e. The predicted molar refractivity (Wildman–Crippen MR) is 44.3 cm³/mol. The summed E-state index contributed by atoms with van der Waals surface area (Å²) in [6, 6.07) is 3.84. The van der Waals surface area contributed by atoms with Crippen LogP contribution >= 0.6 is 0 Å². The summed E-state index contributed by atoms with van der Waals surface area (Å²) in [6.07, 6.45) is 5.71. The van der Waals surface area contributed by atoms with Crippen molar-refractivity contribution in [2.45, 2.75) is 0 Å². The number of rotatable bonds is 1. The maximum absolute atomic E-state index is 5.28. The second kappa shape index (κ2) is 2.52. The summed E-state index contributed by atoms with van der Waals surface area (Å²) in [5, 5.41) is 0. The SMILES string of the molecule is Cn1c[n+](C)cc1-c1ccco1. The zero-order valence-electron chi connectivity index (χ0n) is 7.19. The molecule has 3 heteroatoms. The fraction of sp³-hybridized carbons (Fsp3) is 0.222. The second-order valence-corrected chi connectivity index (χ2v) is 2.88. The van der Waals surface area contributed by atoms with E-state index in [1.165, 1.54) is 0 Å². The summed E-state index contributed by atoms with van der Waals surface area (Å²) in [6.45, 7) is 0. The third-order valence-electron chi connectivity index (χ3n) is 1.83. The van der Waals surface area contributed by atoms with Gasteiger partial charge in [0, 0.05) is 0 Å². The van der Waals surface area contributed by atoms with Crippen LogP contribution in [0, 0.1) is 0 Å². The average Bonchev–Trinajstić information content (AvgIpc) is 2.58. The molecule has 0 aliphatic rings. The van der Waals surface area contributed by atoms with Gasteiger partial charge in [-0.15, -0.1) is 0 Å². The molecule has 0 saturated carbocycles. The van der Waals surface area contributed by atoms with Crippen molar-refractivity contribution in [2.75, 3.05) is 0 Å². The minimum absolute atomic E-state index is 0.901. The highest BCUT2D eigenvalue weighted by molar-refractivity contribution is 5.49. The van der Waals surface area contributed by atoms with E-state index < -0.39 is 0 Å². The van der Waals surface area contributed by atoms with Crippen LogP contribution in [0.2, 0.25) is 0 Å². The fourth-order valence-electron chi connectivity index (χ4n) is 1.31. The first kappa shape index (κ1) is 7.16. The molecule has 0 N–H and O–H groups in total. The van der Waals surface area contributed by atoms with E-state index in [1.807, 2.05) is 47.9 Å². The minimum atomic E-state index is 0.901. The van der Waals surface area contributed by atoms with Gasteiger partial charge in [0.15, 0.2) is 5.76 Å². The Morgan fingerprint density at radius 3 is 2.83 bits per heavy atom. The number of aryl methyl sites for hydroxylation is 2. The number of imidazole rings is 1. The van der Waals surface area contributed by atoms with E-state index in [4.69, 9.17) is 4.42 Å². The number of hydrogen-bond donors (Lipinski definition) is 0. The quantitative estimate of drug-likeness (QED) is 0.577. The molecule has 0 bridgehead atoms. The number of furan rings is 1. The Hall–Kier alpha value is -1.51. The van der Waals surface area contributed by atoms with Crippen LogP contribution in [-0.4, -0.2) is 4.57 Å². The third-order valence-corrected chi connectivity index (χ3v) is 1.83. The molecule has 2 rings (SSSR count). The minimum Gasteiger partial charge on any atom is -0.460 e. The monoisotopic (exact) mass is 163 g/mol. The highest BCUT2D eigenvalue weighted by Crippen LogP contribution is 2.16. The van der Waals surface area contributed by atoms with Crippen molar-refractivity contribution in [1.82, 2.24) is 4.57 Å². The molecule has 0 aromatic carbocycles. The highest BCUT2D eigenvalue weighted by Gasteiger charge is 2.11. The van der Waals surface area contributed by atoms with Gasteiger partial charge in [-0.2, -0.15) is 0 Å². The molecule has 0 unspecified atom stereocenters. The molecular weight excluding hydrogens is 152 g/mol. The molecule has 0 fully saturated rings. The summed E-state index contributed by atoms with van der Waals surface area (Å²) in [5.74, 6) is 0.901. The van der Waals surface area contributed by atoms with Crippen LogP contribution in [-0.2, 0) is 14.1 Å². The van der Waals surface area contributed by atoms with Crippen molar-refractivity contribution in [3.63, 3.8) is 0 Å². The number of aromatic nitrogens is 2. The summed E-state index contributed by atoms with van der Waals surface area (Å²) in [7, 11) is 3.99. The third kappa shape index (κ3) is 1.03. The van der Waals surface area contributed by atoms with Crippen LogP contribution in [0.15, 0.2) is 35.3 Å². The maximum atomic E-state index is 5.28. The Bertz CT molecular complexity index is 373. The van der Waals surface area contributed by atoms with Gasteiger partial charge < -0.3 is 4.42 Å². The highest BCUT2D eigenvalue weighted by atomic mass is 16.3. The van der Waals surface area contributed by atoms with Crippen molar-refractivity contribution < 1.29 is 8.98 Å². The van der Waals surface area contributed by atoms with E-state index in [-0.39, 0.29) is 0 Å². The van der Waals surface area contributed by atoms with Crippen LogP contribution < -0.4 is 4.57 Å². The van der Waals surface area contributed by atoms with E-state index in [1.54, 1.807) is 6.26 Å². The molecule has 0 saturated heterocycles. The van der Waals surface area contributed by atoms with E-state index in [0.717, 1.165) is 11.5 Å². The molecular formula is C9H11N2O+. The van der Waals surface area contributed by atoms with Gasteiger partial charge in [0.25, 0.3) is 0 Å². The lowest BCUT2D eigenvalue weighted by atomic mass is 10.3. The molecule has 2 aromatic heterocycles. The van der Waals surface area contributed by atoms with Crippen LogP contribution in [0.5, 0.6) is 0 Å². The van der Waals surface area contributed by atoms with Gasteiger partial charge in [-0.25, -0.2) is 9.13 Å². The summed E-state index contributed by atoms with van der Waals surface area (Å²) >= 11 is 0. The first-order chi connectivity index (χ1) is 5.77. The topological polar surface area (TPSA) is 21.9 Å². The van der Waals surface area contributed by atoms with Gasteiger partial charge in [-0.1, -0.05) is 0 Å². The lowest BCUT2D eigenvalue weighted by Gasteiger charge is -1.87. The molecule has 2 heterocycles. The number of hydrogen-bond acceptors (Lipinski definition) is 1. The van der Waals surface area contributed by atoms with Crippen molar-refractivity contribution in [1.29, 1.82) is 0 Å². The zero-order chi connectivity index (χ0) is 8.55. The molecule has 0 atom stereocenters. The van der Waals surface area contributed by atoms with Gasteiger partial charge in [0.05, 0.1) is 20.4 Å². The van der Waals surface area contributed by atoms with E-state index in [2.05, 4.69) is 0 Å². The molecule has 0 aliphatic carbocycles. The Labute approximate surface area is 70.9 Å². The Kier molecular flexibility index (Phi) is 1.50. The molecule has 2 aromatic rings. The molecule has 0 spiro atoms. The standard InChI is InChI=1S/C9H11N2O/c1-10-6-8(11(2)7-10)9-4-3-5-12-9/h3-7H,1-2H3/q+1. The fourth-order valence-corrected chi connectivity index (χ4v) is 1.31. The van der Waals surface area contributed by atoms with E-state index in [0.29, 0.717) is 0 Å². The van der Waals surface area contributed by atoms with E-state index >= 15 is 0 Å². The van der Waals surface area contributed by atoms with Crippen LogP contribution in [0.25, 0.3) is 11.5 Å². The lowest BCUT2D eigenvalue weighted by molar-refractivity contribution is -0.670. The Morgan fingerprint density at radius 1 is 1.50 bits per heavy atom. The second-order valence-electron chi connectivity index (χ2n) is 2.88. The maximum Gasteiger partial charge on any atom is 0.243 e. The Morgan fingerprint density at radius 2 is 2.33 bits per heavy atom. The van der Waals surface area contributed by atoms with Crippen LogP contribution in [0.4, 0.5) is 0 Å². The largest absolute Gasteiger partial charge is 0.460 e. The lowest BCUT2D eigenvalue weighted by Crippen LogP contribution is -2.23. The van der Waals surface area contributed by atoms with Crippen molar-refractivity contribution >= 4 is 0 Å². The first-order valence-electron chi connectivity index (χ1n) is 3.83. The molecule has 12 heavy (non-hydrogen) atoms. The zero-order valence-corrected chi connectivity index (χ0v) is 7.19. The van der Waals surface area contributed by atoms with Gasteiger partial charge in [-0.05, 0) is 12.1 Å². The average molecular weight is 163 g/mol. The molecule has 3 nitrogen and oxygen atoms in total. The first-order valence-corrected chi connectivity index (χ1v) is 3.83. The van der Waals surface area contributed by atoms with Gasteiger partial charge in [0.2, 0.25) is 12.0 Å². The van der Waals surface area contributed by atoms with Gasteiger partial charge >= 0.3 is 0 Å². The van der Waals surface area contributed by atoms with Crippen molar-refractivity contribution in [3.8, 4) is 11.5 Å². The Balaban J connectivity index is 2.54.